The molecule has 2 amide bonds. The third-order valence-electron chi connectivity index (χ3n) is 1.95. The van der Waals surface area contributed by atoms with Crippen molar-refractivity contribution in [1.29, 1.82) is 0 Å². The lowest BCUT2D eigenvalue weighted by atomic mass is 10.2. The van der Waals surface area contributed by atoms with Crippen LogP contribution in [0.2, 0.25) is 0 Å². The van der Waals surface area contributed by atoms with E-state index in [0.717, 1.165) is 5.56 Å². The third kappa shape index (κ3) is 2.94. The van der Waals surface area contributed by atoms with Gasteiger partial charge in [-0.2, -0.15) is 0 Å². The highest BCUT2D eigenvalue weighted by atomic mass is 32.2. The van der Waals surface area contributed by atoms with E-state index in [2.05, 4.69) is 11.1 Å². The Balaban J connectivity index is 3.02. The van der Waals surface area contributed by atoms with Crippen molar-refractivity contribution in [3.05, 3.63) is 29.8 Å². The van der Waals surface area contributed by atoms with Crippen LogP contribution in [0.5, 0.6) is 0 Å². The number of carbonyl (C=O) groups is 1. The topological polar surface area (TPSA) is 103 Å². The van der Waals surface area contributed by atoms with E-state index in [1.165, 1.54) is 19.2 Å². The van der Waals surface area contributed by atoms with Crippen LogP contribution in [0.15, 0.2) is 29.2 Å². The maximum Gasteiger partial charge on any atom is 0.328 e. The Bertz CT molecular complexity index is 485. The summed E-state index contributed by atoms with van der Waals surface area (Å²) < 4.78 is 25.2. The standard InChI is InChI=1S/C9H13N3O3S/c1-11-9(13)12-16(14,15)8-4-2-3-7(5-8)6-10/h2-5H,6,10H2,1H3,(H2,11,12,13)/p+1. The SMILES string of the molecule is CNC(=O)NS(=O)(=O)c1cccc(C[NH3+])c1. The Morgan fingerprint density at radius 1 is 1.44 bits per heavy atom. The Kier molecular flexibility index (Phi) is 3.86. The molecule has 0 heterocycles. The molecular weight excluding hydrogens is 230 g/mol. The number of benzene rings is 1. The number of urea groups is 1. The molecular formula is C9H14N3O3S+. The lowest BCUT2D eigenvalue weighted by Gasteiger charge is -2.06. The van der Waals surface area contributed by atoms with Gasteiger partial charge in [0.1, 0.15) is 0 Å². The van der Waals surface area contributed by atoms with Crippen molar-refractivity contribution in [1.82, 2.24) is 10.0 Å². The number of rotatable bonds is 3. The van der Waals surface area contributed by atoms with E-state index >= 15 is 0 Å². The Hall–Kier alpha value is -1.60. The first-order valence-corrected chi connectivity index (χ1v) is 6.10. The second-order valence-corrected chi connectivity index (χ2v) is 4.76. The predicted molar refractivity (Wildman–Crippen MR) is 57.8 cm³/mol. The minimum Gasteiger partial charge on any atom is -0.354 e. The average molecular weight is 244 g/mol. The number of hydrogen-bond acceptors (Lipinski definition) is 3. The predicted octanol–water partition coefficient (Wildman–Crippen LogP) is -0.954. The summed E-state index contributed by atoms with van der Waals surface area (Å²) in [5.74, 6) is 0. The van der Waals surface area contributed by atoms with Crippen LogP contribution in [0.25, 0.3) is 0 Å². The van der Waals surface area contributed by atoms with Crippen LogP contribution >= 0.6 is 0 Å². The molecule has 1 aromatic carbocycles. The van der Waals surface area contributed by atoms with E-state index in [0.29, 0.717) is 6.54 Å². The summed E-state index contributed by atoms with van der Waals surface area (Å²) in [7, 11) is -2.45. The lowest BCUT2D eigenvalue weighted by molar-refractivity contribution is -0.386. The van der Waals surface area contributed by atoms with Gasteiger partial charge < -0.3 is 11.1 Å². The van der Waals surface area contributed by atoms with E-state index < -0.39 is 16.1 Å². The summed E-state index contributed by atoms with van der Waals surface area (Å²) in [6.07, 6.45) is 0. The number of hydrogen-bond donors (Lipinski definition) is 3. The second kappa shape index (κ2) is 4.95. The highest BCUT2D eigenvalue weighted by Crippen LogP contribution is 2.10. The quantitative estimate of drug-likeness (QED) is 0.638. The zero-order valence-corrected chi connectivity index (χ0v) is 9.67. The van der Waals surface area contributed by atoms with Gasteiger partial charge in [-0.1, -0.05) is 12.1 Å². The zero-order valence-electron chi connectivity index (χ0n) is 8.86. The minimum absolute atomic E-state index is 0.0530. The maximum atomic E-state index is 11.7. The zero-order chi connectivity index (χ0) is 12.2. The smallest absolute Gasteiger partial charge is 0.328 e. The average Bonchev–Trinajstić information content (AvgIpc) is 2.28. The molecule has 0 aliphatic carbocycles. The third-order valence-corrected chi connectivity index (χ3v) is 3.28. The minimum atomic E-state index is -3.79. The highest BCUT2D eigenvalue weighted by molar-refractivity contribution is 7.90. The van der Waals surface area contributed by atoms with E-state index in [1.54, 1.807) is 12.1 Å². The van der Waals surface area contributed by atoms with Crippen molar-refractivity contribution in [2.45, 2.75) is 11.4 Å². The Labute approximate surface area is 93.9 Å². The number of amides is 2. The van der Waals surface area contributed by atoms with Crippen LogP contribution in [-0.4, -0.2) is 21.5 Å². The molecule has 0 aromatic heterocycles. The van der Waals surface area contributed by atoms with Crippen LogP contribution < -0.4 is 15.8 Å². The first-order valence-electron chi connectivity index (χ1n) is 4.62. The molecule has 0 fully saturated rings. The molecule has 0 spiro atoms. The molecule has 5 N–H and O–H groups in total. The van der Waals surface area contributed by atoms with Crippen LogP contribution in [0.4, 0.5) is 4.79 Å². The van der Waals surface area contributed by atoms with Gasteiger partial charge in [-0.15, -0.1) is 0 Å². The number of sulfonamides is 1. The largest absolute Gasteiger partial charge is 0.354 e. The number of quaternary nitrogens is 1. The molecule has 0 saturated heterocycles. The number of carbonyl (C=O) groups excluding carboxylic acids is 1. The summed E-state index contributed by atoms with van der Waals surface area (Å²) in [5, 5.41) is 2.18. The van der Waals surface area contributed by atoms with Gasteiger partial charge in [-0.3, -0.25) is 0 Å². The molecule has 0 bridgehead atoms. The Morgan fingerprint density at radius 3 is 2.69 bits per heavy atom. The fraction of sp³-hybridized carbons (Fsp3) is 0.222. The van der Waals surface area contributed by atoms with Gasteiger partial charge in [0.25, 0.3) is 10.0 Å². The molecule has 0 atom stereocenters. The highest BCUT2D eigenvalue weighted by Gasteiger charge is 2.16. The lowest BCUT2D eigenvalue weighted by Crippen LogP contribution is -2.47. The van der Waals surface area contributed by atoms with Crippen LogP contribution in [-0.2, 0) is 16.6 Å². The monoisotopic (exact) mass is 244 g/mol. The molecule has 1 rings (SSSR count). The van der Waals surface area contributed by atoms with Crippen molar-refractivity contribution in [2.24, 2.45) is 0 Å². The van der Waals surface area contributed by atoms with E-state index in [-0.39, 0.29) is 4.90 Å². The second-order valence-electron chi connectivity index (χ2n) is 3.08. The first kappa shape index (κ1) is 12.5. The van der Waals surface area contributed by atoms with Crippen molar-refractivity contribution in [3.63, 3.8) is 0 Å². The van der Waals surface area contributed by atoms with Crippen LogP contribution in [0, 0.1) is 0 Å². The van der Waals surface area contributed by atoms with Crippen molar-refractivity contribution >= 4 is 16.1 Å². The van der Waals surface area contributed by atoms with E-state index in [1.807, 2.05) is 4.72 Å². The molecule has 16 heavy (non-hydrogen) atoms. The van der Waals surface area contributed by atoms with Crippen LogP contribution in [0.1, 0.15) is 5.56 Å². The van der Waals surface area contributed by atoms with Gasteiger partial charge in [0.15, 0.2) is 0 Å². The summed E-state index contributed by atoms with van der Waals surface area (Å²) >= 11 is 0. The summed E-state index contributed by atoms with van der Waals surface area (Å²) in [6.45, 7) is 0.489. The fourth-order valence-electron chi connectivity index (χ4n) is 1.10. The van der Waals surface area contributed by atoms with E-state index in [4.69, 9.17) is 0 Å². The van der Waals surface area contributed by atoms with E-state index in [9.17, 15) is 13.2 Å². The Morgan fingerprint density at radius 2 is 2.12 bits per heavy atom. The van der Waals surface area contributed by atoms with Crippen molar-refractivity contribution < 1.29 is 18.9 Å². The molecule has 0 unspecified atom stereocenters. The van der Waals surface area contributed by atoms with Crippen molar-refractivity contribution in [2.75, 3.05) is 7.05 Å². The molecule has 6 nitrogen and oxygen atoms in total. The maximum absolute atomic E-state index is 11.7. The summed E-state index contributed by atoms with van der Waals surface area (Å²) in [6, 6.07) is 5.52. The molecule has 0 radical (unpaired) electrons. The molecule has 0 aliphatic rings. The molecule has 1 aromatic rings. The van der Waals surface area contributed by atoms with Gasteiger partial charge in [0, 0.05) is 12.6 Å². The number of nitrogens with one attached hydrogen (secondary N) is 2. The van der Waals surface area contributed by atoms with Gasteiger partial charge in [-0.05, 0) is 12.1 Å². The molecule has 7 heteroatoms. The first-order chi connectivity index (χ1) is 7.49. The van der Waals surface area contributed by atoms with Gasteiger partial charge in [0.05, 0.1) is 11.4 Å². The van der Waals surface area contributed by atoms with Gasteiger partial charge >= 0.3 is 6.03 Å². The normalized spacial score (nSPS) is 10.9. The fourth-order valence-corrected chi connectivity index (χ4v) is 2.13. The molecule has 88 valence electrons. The van der Waals surface area contributed by atoms with Crippen LogP contribution in [0.3, 0.4) is 0 Å². The van der Waals surface area contributed by atoms with Crippen molar-refractivity contribution in [3.8, 4) is 0 Å². The van der Waals surface area contributed by atoms with Gasteiger partial charge in [0.2, 0.25) is 0 Å². The molecule has 0 aliphatic heterocycles. The van der Waals surface area contributed by atoms with Gasteiger partial charge in [-0.25, -0.2) is 17.9 Å². The molecule has 0 saturated carbocycles. The summed E-state index contributed by atoms with van der Waals surface area (Å²) in [4.78, 5) is 11.0. The summed E-state index contributed by atoms with van der Waals surface area (Å²) in [5.41, 5.74) is 4.45.